The highest BCUT2D eigenvalue weighted by Crippen LogP contribution is 2.21. The van der Waals surface area contributed by atoms with Crippen molar-refractivity contribution in [3.63, 3.8) is 0 Å². The second kappa shape index (κ2) is 11.3. The van der Waals surface area contributed by atoms with Gasteiger partial charge in [0.1, 0.15) is 6.04 Å². The molecule has 4 nitrogen and oxygen atoms in total. The predicted octanol–water partition coefficient (Wildman–Crippen LogP) is 4.82. The monoisotopic (exact) mass is 432 g/mol. The van der Waals surface area contributed by atoms with Crippen molar-refractivity contribution >= 4 is 35.2 Å². The van der Waals surface area contributed by atoms with Crippen molar-refractivity contribution in [1.29, 1.82) is 0 Å². The molecule has 0 saturated heterocycles. The Kier molecular flexibility index (Phi) is 9.05. The van der Waals surface area contributed by atoms with Gasteiger partial charge >= 0.3 is 0 Å². The SMILES string of the molecule is Cc1ccc(CN(C(=O)CSCc2ccccc2Cl)[C@H](C)C(=O)NC(C)C)cc1. The molecule has 0 spiro atoms. The van der Waals surface area contributed by atoms with Crippen molar-refractivity contribution < 1.29 is 9.59 Å². The van der Waals surface area contributed by atoms with E-state index < -0.39 is 6.04 Å². The summed E-state index contributed by atoms with van der Waals surface area (Å²) < 4.78 is 0. The minimum atomic E-state index is -0.549. The summed E-state index contributed by atoms with van der Waals surface area (Å²) in [7, 11) is 0. The Bertz CT molecular complexity index is 824. The number of benzene rings is 2. The molecular formula is C23H29ClN2O2S. The lowest BCUT2D eigenvalue weighted by Crippen LogP contribution is -2.49. The molecule has 156 valence electrons. The fourth-order valence-electron chi connectivity index (χ4n) is 2.82. The summed E-state index contributed by atoms with van der Waals surface area (Å²) in [5, 5.41) is 3.61. The fourth-order valence-corrected chi connectivity index (χ4v) is 4.02. The molecule has 2 aromatic rings. The number of carbonyl (C=O) groups is 2. The Morgan fingerprint density at radius 1 is 1.07 bits per heavy atom. The van der Waals surface area contributed by atoms with Gasteiger partial charge in [0.25, 0.3) is 0 Å². The van der Waals surface area contributed by atoms with Crippen LogP contribution in [0.25, 0.3) is 0 Å². The molecule has 0 unspecified atom stereocenters. The zero-order valence-corrected chi connectivity index (χ0v) is 19.0. The van der Waals surface area contributed by atoms with E-state index in [0.29, 0.717) is 17.3 Å². The van der Waals surface area contributed by atoms with Crippen molar-refractivity contribution in [2.45, 2.75) is 52.1 Å². The third kappa shape index (κ3) is 7.41. The van der Waals surface area contributed by atoms with Gasteiger partial charge in [-0.3, -0.25) is 9.59 Å². The highest BCUT2D eigenvalue weighted by Gasteiger charge is 2.26. The van der Waals surface area contributed by atoms with Gasteiger partial charge in [0.15, 0.2) is 0 Å². The van der Waals surface area contributed by atoms with Gasteiger partial charge in [0.2, 0.25) is 11.8 Å². The van der Waals surface area contributed by atoms with Crippen LogP contribution in [0.5, 0.6) is 0 Å². The van der Waals surface area contributed by atoms with Crippen LogP contribution in [-0.4, -0.2) is 34.6 Å². The quantitative estimate of drug-likeness (QED) is 0.617. The van der Waals surface area contributed by atoms with Gasteiger partial charge in [-0.25, -0.2) is 0 Å². The van der Waals surface area contributed by atoms with E-state index in [0.717, 1.165) is 16.7 Å². The van der Waals surface area contributed by atoms with Gasteiger partial charge < -0.3 is 10.2 Å². The number of nitrogens with one attached hydrogen (secondary N) is 1. The van der Waals surface area contributed by atoms with Crippen molar-refractivity contribution in [2.75, 3.05) is 5.75 Å². The lowest BCUT2D eigenvalue weighted by Gasteiger charge is -2.29. The molecule has 2 rings (SSSR count). The van der Waals surface area contributed by atoms with Gasteiger partial charge in [-0.15, -0.1) is 11.8 Å². The largest absolute Gasteiger partial charge is 0.352 e. The van der Waals surface area contributed by atoms with Gasteiger partial charge in [-0.2, -0.15) is 0 Å². The molecule has 0 saturated carbocycles. The van der Waals surface area contributed by atoms with E-state index in [1.165, 1.54) is 11.8 Å². The van der Waals surface area contributed by atoms with Crippen LogP contribution in [0.3, 0.4) is 0 Å². The first-order valence-electron chi connectivity index (χ1n) is 9.74. The lowest BCUT2D eigenvalue weighted by atomic mass is 10.1. The number of hydrogen-bond donors (Lipinski definition) is 1. The second-order valence-electron chi connectivity index (χ2n) is 7.43. The normalized spacial score (nSPS) is 11.9. The maximum atomic E-state index is 13.0. The molecule has 29 heavy (non-hydrogen) atoms. The number of halogens is 1. The summed E-state index contributed by atoms with van der Waals surface area (Å²) in [5.41, 5.74) is 3.17. The standard InChI is InChI=1S/C23H29ClN2O2S/c1-16(2)25-23(28)18(4)26(13-19-11-9-17(3)10-12-19)22(27)15-29-14-20-7-5-6-8-21(20)24/h5-12,16,18H,13-15H2,1-4H3,(H,25,28)/t18-/m1/s1. The topological polar surface area (TPSA) is 49.4 Å². The zero-order valence-electron chi connectivity index (χ0n) is 17.4. The van der Waals surface area contributed by atoms with E-state index in [1.54, 1.807) is 11.8 Å². The second-order valence-corrected chi connectivity index (χ2v) is 8.82. The third-order valence-electron chi connectivity index (χ3n) is 4.51. The van der Waals surface area contributed by atoms with Crippen molar-refractivity contribution in [3.05, 3.63) is 70.2 Å². The Labute approximate surface area is 183 Å². The van der Waals surface area contributed by atoms with E-state index in [2.05, 4.69) is 5.32 Å². The Morgan fingerprint density at radius 2 is 1.72 bits per heavy atom. The van der Waals surface area contributed by atoms with Crippen molar-refractivity contribution in [2.24, 2.45) is 0 Å². The van der Waals surface area contributed by atoms with Crippen LogP contribution >= 0.6 is 23.4 Å². The van der Waals surface area contributed by atoms with Crippen LogP contribution in [0.1, 0.15) is 37.5 Å². The fraction of sp³-hybridized carbons (Fsp3) is 0.391. The number of nitrogens with zero attached hydrogens (tertiary/aromatic N) is 1. The number of carbonyl (C=O) groups excluding carboxylic acids is 2. The molecule has 0 aliphatic carbocycles. The van der Waals surface area contributed by atoms with Crippen molar-refractivity contribution in [3.8, 4) is 0 Å². The minimum Gasteiger partial charge on any atom is -0.352 e. The summed E-state index contributed by atoms with van der Waals surface area (Å²) in [5.74, 6) is 0.734. The predicted molar refractivity (Wildman–Crippen MR) is 122 cm³/mol. The highest BCUT2D eigenvalue weighted by molar-refractivity contribution is 7.99. The molecular weight excluding hydrogens is 404 g/mol. The van der Waals surface area contributed by atoms with Crippen LogP contribution in [0, 0.1) is 6.92 Å². The first kappa shape index (κ1) is 23.3. The molecule has 2 aromatic carbocycles. The molecule has 0 fully saturated rings. The molecule has 0 heterocycles. The first-order valence-corrected chi connectivity index (χ1v) is 11.3. The summed E-state index contributed by atoms with van der Waals surface area (Å²) in [6.07, 6.45) is 0. The maximum absolute atomic E-state index is 13.0. The smallest absolute Gasteiger partial charge is 0.242 e. The van der Waals surface area contributed by atoms with Crippen LogP contribution in [0.15, 0.2) is 48.5 Å². The third-order valence-corrected chi connectivity index (χ3v) is 5.85. The Balaban J connectivity index is 2.07. The summed E-state index contributed by atoms with van der Waals surface area (Å²) in [6, 6.07) is 15.1. The number of rotatable bonds is 9. The zero-order chi connectivity index (χ0) is 21.4. The highest BCUT2D eigenvalue weighted by atomic mass is 35.5. The van der Waals surface area contributed by atoms with Crippen LogP contribution in [0.2, 0.25) is 5.02 Å². The lowest BCUT2D eigenvalue weighted by molar-refractivity contribution is -0.138. The molecule has 1 atom stereocenters. The number of aryl methyl sites for hydroxylation is 1. The van der Waals surface area contributed by atoms with Gasteiger partial charge in [0.05, 0.1) is 5.75 Å². The number of thioether (sulfide) groups is 1. The molecule has 0 aromatic heterocycles. The van der Waals surface area contributed by atoms with Gasteiger partial charge in [-0.1, -0.05) is 59.6 Å². The van der Waals surface area contributed by atoms with Gasteiger partial charge in [0, 0.05) is 23.4 Å². The minimum absolute atomic E-state index is 0.0240. The first-order chi connectivity index (χ1) is 13.8. The van der Waals surface area contributed by atoms with Crippen LogP contribution in [-0.2, 0) is 21.9 Å². The maximum Gasteiger partial charge on any atom is 0.242 e. The molecule has 1 N–H and O–H groups in total. The molecule has 0 aliphatic heterocycles. The molecule has 0 aliphatic rings. The van der Waals surface area contributed by atoms with E-state index >= 15 is 0 Å². The number of hydrogen-bond acceptors (Lipinski definition) is 3. The number of amides is 2. The van der Waals surface area contributed by atoms with Gasteiger partial charge in [-0.05, 0) is 44.9 Å². The van der Waals surface area contributed by atoms with E-state index in [1.807, 2.05) is 69.3 Å². The van der Waals surface area contributed by atoms with E-state index in [9.17, 15) is 9.59 Å². The summed E-state index contributed by atoms with van der Waals surface area (Å²) >= 11 is 7.71. The molecule has 0 radical (unpaired) electrons. The molecule has 0 bridgehead atoms. The Morgan fingerprint density at radius 3 is 2.34 bits per heavy atom. The van der Waals surface area contributed by atoms with E-state index in [4.69, 9.17) is 11.6 Å². The Hall–Kier alpha value is -1.98. The average Bonchev–Trinajstić information content (AvgIpc) is 2.68. The average molecular weight is 433 g/mol. The van der Waals surface area contributed by atoms with E-state index in [-0.39, 0.29) is 23.6 Å². The summed E-state index contributed by atoms with van der Waals surface area (Å²) in [4.78, 5) is 27.2. The molecule has 6 heteroatoms. The van der Waals surface area contributed by atoms with Crippen molar-refractivity contribution in [1.82, 2.24) is 10.2 Å². The molecule has 2 amide bonds. The van der Waals surface area contributed by atoms with Crippen LogP contribution < -0.4 is 5.32 Å². The summed E-state index contributed by atoms with van der Waals surface area (Å²) in [6.45, 7) is 8.03. The van der Waals surface area contributed by atoms with Crippen LogP contribution in [0.4, 0.5) is 0 Å².